The summed E-state index contributed by atoms with van der Waals surface area (Å²) in [5, 5.41) is 11.1. The molecule has 4 aliphatic rings. The Hall–Kier alpha value is -3.01. The zero-order chi connectivity index (χ0) is 26.4. The van der Waals surface area contributed by atoms with Gasteiger partial charge in [-0.15, -0.1) is 11.3 Å². The number of amides is 2. The first kappa shape index (κ1) is 25.3. The standard InChI is InChI=1S/C27H27ClN4O2S.CH2O2/c28-17-8-16-2-1-7-31(18-11-27(12-18)14-29-15-27)25(16)21(9-17)20-5-6-30-22-10-19(35-26(20)22)13-32-23(33)3-4-24(32)34;2-1-3/h5-6,8-10,18,29H,1-4,7,11-15H2;1H,(H,2,3). The van der Waals surface area contributed by atoms with Gasteiger partial charge in [0.2, 0.25) is 11.8 Å². The summed E-state index contributed by atoms with van der Waals surface area (Å²) >= 11 is 8.29. The number of anilines is 1. The van der Waals surface area contributed by atoms with E-state index >= 15 is 0 Å². The second-order valence-corrected chi connectivity index (χ2v) is 12.3. The van der Waals surface area contributed by atoms with Crippen LogP contribution in [0.1, 0.15) is 42.5 Å². The van der Waals surface area contributed by atoms with Gasteiger partial charge in [0.05, 0.1) is 16.8 Å². The molecule has 2 amide bonds. The van der Waals surface area contributed by atoms with Gasteiger partial charge in [-0.25, -0.2) is 0 Å². The number of carbonyl (C=O) groups excluding carboxylic acids is 2. The average Bonchev–Trinajstić information content (AvgIpc) is 3.40. The number of aromatic nitrogens is 1. The van der Waals surface area contributed by atoms with Gasteiger partial charge in [-0.2, -0.15) is 0 Å². The van der Waals surface area contributed by atoms with E-state index in [0.717, 1.165) is 58.2 Å². The summed E-state index contributed by atoms with van der Waals surface area (Å²) in [7, 11) is 0. The lowest BCUT2D eigenvalue weighted by atomic mass is 9.61. The van der Waals surface area contributed by atoms with Crippen molar-refractivity contribution < 1.29 is 19.5 Å². The number of benzene rings is 1. The third kappa shape index (κ3) is 4.36. The van der Waals surface area contributed by atoms with Crippen LogP contribution < -0.4 is 10.2 Å². The number of imide groups is 1. The van der Waals surface area contributed by atoms with E-state index in [1.165, 1.54) is 34.6 Å². The highest BCUT2D eigenvalue weighted by Gasteiger charge is 2.51. The Balaban J connectivity index is 0.000000843. The van der Waals surface area contributed by atoms with Crippen LogP contribution in [0.25, 0.3) is 21.3 Å². The minimum Gasteiger partial charge on any atom is -0.483 e. The van der Waals surface area contributed by atoms with Gasteiger partial charge in [0.15, 0.2) is 0 Å². The van der Waals surface area contributed by atoms with Gasteiger partial charge in [-0.1, -0.05) is 11.6 Å². The molecule has 1 spiro atoms. The molecule has 7 rings (SSSR count). The molecule has 38 heavy (non-hydrogen) atoms. The molecule has 1 saturated carbocycles. The van der Waals surface area contributed by atoms with Crippen LogP contribution in [-0.2, 0) is 27.3 Å². The van der Waals surface area contributed by atoms with Crippen LogP contribution in [0.3, 0.4) is 0 Å². The molecule has 0 bridgehead atoms. The van der Waals surface area contributed by atoms with E-state index in [0.29, 0.717) is 30.8 Å². The van der Waals surface area contributed by atoms with Crippen LogP contribution >= 0.6 is 22.9 Å². The maximum Gasteiger partial charge on any atom is 0.290 e. The molecule has 198 valence electrons. The molecule has 0 unspecified atom stereocenters. The minimum atomic E-state index is -0.250. The highest BCUT2D eigenvalue weighted by Crippen LogP contribution is 2.51. The molecule has 0 radical (unpaired) electrons. The number of rotatable bonds is 4. The van der Waals surface area contributed by atoms with Crippen molar-refractivity contribution in [2.75, 3.05) is 24.5 Å². The fourth-order valence-electron chi connectivity index (χ4n) is 6.47. The highest BCUT2D eigenvalue weighted by molar-refractivity contribution is 7.19. The lowest BCUT2D eigenvalue weighted by molar-refractivity contribution is -0.139. The van der Waals surface area contributed by atoms with Gasteiger partial charge in [0.25, 0.3) is 6.47 Å². The number of pyridine rings is 1. The van der Waals surface area contributed by atoms with E-state index in [4.69, 9.17) is 21.5 Å². The van der Waals surface area contributed by atoms with E-state index in [2.05, 4.69) is 33.4 Å². The maximum atomic E-state index is 12.2. The van der Waals surface area contributed by atoms with Crippen molar-refractivity contribution >= 4 is 57.1 Å². The smallest absolute Gasteiger partial charge is 0.290 e. The van der Waals surface area contributed by atoms with Crippen molar-refractivity contribution in [2.24, 2.45) is 5.41 Å². The molecule has 0 atom stereocenters. The molecule has 3 aromatic rings. The molecule has 1 aliphatic carbocycles. The molecule has 5 heterocycles. The van der Waals surface area contributed by atoms with Gasteiger partial charge in [0, 0.05) is 71.4 Å². The Bertz CT molecular complexity index is 1410. The topological polar surface area (TPSA) is 103 Å². The van der Waals surface area contributed by atoms with E-state index in [1.54, 1.807) is 11.3 Å². The fourth-order valence-corrected chi connectivity index (χ4v) is 7.84. The number of hydrogen-bond acceptors (Lipinski definition) is 7. The molecule has 8 nitrogen and oxygen atoms in total. The van der Waals surface area contributed by atoms with Crippen LogP contribution in [0, 0.1) is 5.41 Å². The van der Waals surface area contributed by atoms with E-state index in [-0.39, 0.29) is 18.3 Å². The predicted molar refractivity (Wildman–Crippen MR) is 148 cm³/mol. The van der Waals surface area contributed by atoms with Crippen molar-refractivity contribution in [3.8, 4) is 11.1 Å². The molecule has 3 aliphatic heterocycles. The van der Waals surface area contributed by atoms with Crippen molar-refractivity contribution in [3.63, 3.8) is 0 Å². The first-order valence-corrected chi connectivity index (χ1v) is 14.2. The first-order valence-electron chi connectivity index (χ1n) is 13.0. The zero-order valence-electron chi connectivity index (χ0n) is 20.9. The summed E-state index contributed by atoms with van der Waals surface area (Å²) in [5.74, 6) is -0.166. The Kier molecular flexibility index (Phi) is 6.62. The van der Waals surface area contributed by atoms with Gasteiger partial charge in [0.1, 0.15) is 0 Å². The molecule has 2 N–H and O–H groups in total. The number of hydrogen-bond donors (Lipinski definition) is 2. The number of fused-ring (bicyclic) bond motifs is 2. The normalized spacial score (nSPS) is 20.1. The largest absolute Gasteiger partial charge is 0.483 e. The van der Waals surface area contributed by atoms with E-state index in [1.807, 2.05) is 12.3 Å². The van der Waals surface area contributed by atoms with E-state index in [9.17, 15) is 9.59 Å². The number of halogens is 1. The first-order chi connectivity index (χ1) is 18.4. The molecule has 2 aromatic heterocycles. The predicted octanol–water partition coefficient (Wildman–Crippen LogP) is 4.47. The number of nitrogens with one attached hydrogen (secondary N) is 1. The molecule has 1 aromatic carbocycles. The number of carboxylic acid groups (broad SMARTS) is 1. The lowest BCUT2D eigenvalue weighted by Gasteiger charge is -2.58. The number of aryl methyl sites for hydroxylation is 1. The monoisotopic (exact) mass is 552 g/mol. The van der Waals surface area contributed by atoms with E-state index < -0.39 is 0 Å². The fraction of sp³-hybridized carbons (Fsp3) is 0.429. The van der Waals surface area contributed by atoms with Crippen LogP contribution in [-0.4, -0.2) is 59.0 Å². The quantitative estimate of drug-likeness (QED) is 0.363. The van der Waals surface area contributed by atoms with Crippen molar-refractivity contribution in [3.05, 3.63) is 45.9 Å². The molecule has 2 saturated heterocycles. The summed E-state index contributed by atoms with van der Waals surface area (Å²) in [4.78, 5) is 42.3. The molecule has 10 heteroatoms. The Labute approximate surface area is 229 Å². The number of thiophene rings is 1. The van der Waals surface area contributed by atoms with Gasteiger partial charge >= 0.3 is 0 Å². The van der Waals surface area contributed by atoms with Gasteiger partial charge in [-0.05, 0) is 60.9 Å². The number of likely N-dealkylation sites (tertiary alicyclic amines) is 1. The second-order valence-electron chi connectivity index (χ2n) is 10.7. The molecular formula is C28H29ClN4O4S. The van der Waals surface area contributed by atoms with Crippen LogP contribution in [0.2, 0.25) is 5.02 Å². The summed E-state index contributed by atoms with van der Waals surface area (Å²) in [6.07, 6.45) is 7.21. The third-order valence-corrected chi connectivity index (χ3v) is 9.65. The number of nitrogens with zero attached hydrogens (tertiary/aromatic N) is 3. The maximum absolute atomic E-state index is 12.2. The molecule has 3 fully saturated rings. The van der Waals surface area contributed by atoms with Crippen molar-refractivity contribution in [2.45, 2.75) is 51.1 Å². The Morgan fingerprint density at radius 3 is 2.55 bits per heavy atom. The Morgan fingerprint density at radius 2 is 1.87 bits per heavy atom. The van der Waals surface area contributed by atoms with Crippen molar-refractivity contribution in [1.82, 2.24) is 15.2 Å². The van der Waals surface area contributed by atoms with Crippen LogP contribution in [0.4, 0.5) is 5.69 Å². The SMILES string of the molecule is O=C1CCC(=O)N1Cc1cc2nccc(-c3cc(Cl)cc4c3N(C3CC5(CNC5)C3)CCC4)c2s1.O=CO. The summed E-state index contributed by atoms with van der Waals surface area (Å²) in [5.41, 5.74) is 6.40. The van der Waals surface area contributed by atoms with Crippen LogP contribution in [0.15, 0.2) is 30.5 Å². The van der Waals surface area contributed by atoms with Crippen molar-refractivity contribution in [1.29, 1.82) is 0 Å². The second kappa shape index (κ2) is 9.94. The lowest BCUT2D eigenvalue weighted by Crippen LogP contribution is -2.65. The van der Waals surface area contributed by atoms with Gasteiger partial charge < -0.3 is 15.3 Å². The molecular weight excluding hydrogens is 524 g/mol. The minimum absolute atomic E-state index is 0.0832. The third-order valence-electron chi connectivity index (χ3n) is 8.29. The average molecular weight is 553 g/mol. The zero-order valence-corrected chi connectivity index (χ0v) is 22.5. The summed E-state index contributed by atoms with van der Waals surface area (Å²) < 4.78 is 1.09. The van der Waals surface area contributed by atoms with Crippen LogP contribution in [0.5, 0.6) is 0 Å². The highest BCUT2D eigenvalue weighted by atomic mass is 35.5. The summed E-state index contributed by atoms with van der Waals surface area (Å²) in [6.45, 7) is 3.47. The summed E-state index contributed by atoms with van der Waals surface area (Å²) in [6, 6.07) is 8.95. The number of carbonyl (C=O) groups is 3. The van der Waals surface area contributed by atoms with Gasteiger partial charge in [-0.3, -0.25) is 24.3 Å². The Morgan fingerprint density at radius 1 is 1.13 bits per heavy atom.